The van der Waals surface area contributed by atoms with Crippen molar-refractivity contribution in [3.63, 3.8) is 0 Å². The molecule has 0 amide bonds. The van der Waals surface area contributed by atoms with Gasteiger partial charge in [0.15, 0.2) is 0 Å². The van der Waals surface area contributed by atoms with Crippen molar-refractivity contribution < 1.29 is 0 Å². The van der Waals surface area contributed by atoms with Gasteiger partial charge in [-0.2, -0.15) is 0 Å². The number of hydrogen-bond donors (Lipinski definition) is 1. The van der Waals surface area contributed by atoms with Crippen molar-refractivity contribution >= 4 is 27.3 Å². The van der Waals surface area contributed by atoms with E-state index < -0.39 is 0 Å². The largest absolute Gasteiger partial charge is 0.310 e. The van der Waals surface area contributed by atoms with Gasteiger partial charge in [-0.3, -0.25) is 0 Å². The lowest BCUT2D eigenvalue weighted by atomic mass is 9.80. The van der Waals surface area contributed by atoms with Gasteiger partial charge in [0.05, 0.1) is 3.79 Å². The molecule has 0 radical (unpaired) electrons. The topological polar surface area (TPSA) is 12.0 Å². The quantitative estimate of drug-likeness (QED) is 0.849. The number of rotatable bonds is 5. The van der Waals surface area contributed by atoms with Crippen molar-refractivity contribution in [2.24, 2.45) is 5.92 Å². The lowest BCUT2D eigenvalue weighted by molar-refractivity contribution is 0.262. The van der Waals surface area contributed by atoms with E-state index in [9.17, 15) is 0 Å². The Morgan fingerprint density at radius 1 is 1.60 bits per heavy atom. The molecule has 3 heteroatoms. The number of thiophene rings is 1. The summed E-state index contributed by atoms with van der Waals surface area (Å²) in [7, 11) is 0. The van der Waals surface area contributed by atoms with Crippen LogP contribution in [-0.2, 0) is 0 Å². The van der Waals surface area contributed by atoms with E-state index in [2.05, 4.69) is 39.6 Å². The van der Waals surface area contributed by atoms with E-state index in [1.807, 2.05) is 0 Å². The van der Waals surface area contributed by atoms with Crippen LogP contribution in [0.15, 0.2) is 15.2 Å². The smallest absolute Gasteiger partial charge is 0.0701 e. The van der Waals surface area contributed by atoms with Gasteiger partial charge in [0.25, 0.3) is 0 Å². The Labute approximate surface area is 104 Å². The van der Waals surface area contributed by atoms with Crippen molar-refractivity contribution in [2.45, 2.75) is 38.6 Å². The predicted octanol–water partition coefficient (Wildman–Crippen LogP) is 4.35. The summed E-state index contributed by atoms with van der Waals surface area (Å²) in [5, 5.41) is 5.87. The second-order valence-electron chi connectivity index (χ2n) is 4.33. The molecule has 0 bridgehead atoms. The summed E-state index contributed by atoms with van der Waals surface area (Å²) >= 11 is 5.33. The highest BCUT2D eigenvalue weighted by atomic mass is 79.9. The highest BCUT2D eigenvalue weighted by Crippen LogP contribution is 2.36. The van der Waals surface area contributed by atoms with Crippen molar-refractivity contribution in [1.29, 1.82) is 0 Å². The molecule has 0 aromatic carbocycles. The third-order valence-corrected chi connectivity index (χ3v) is 4.76. The number of halogens is 1. The third-order valence-electron chi connectivity index (χ3n) is 3.23. The van der Waals surface area contributed by atoms with Gasteiger partial charge in [-0.05, 0) is 51.8 Å². The molecule has 1 nitrogen and oxygen atoms in total. The Morgan fingerprint density at radius 2 is 2.40 bits per heavy atom. The molecule has 1 atom stereocenters. The SMILES string of the molecule is CCNC(CC1CCC1)c1csc(Br)c1. The third kappa shape index (κ3) is 3.05. The molecule has 1 heterocycles. The summed E-state index contributed by atoms with van der Waals surface area (Å²) in [6.07, 6.45) is 5.63. The first-order chi connectivity index (χ1) is 7.29. The zero-order chi connectivity index (χ0) is 10.7. The lowest BCUT2D eigenvalue weighted by Crippen LogP contribution is -2.25. The molecule has 0 aliphatic heterocycles. The Bertz CT molecular complexity index is 306. The van der Waals surface area contributed by atoms with Crippen LogP contribution in [0.1, 0.15) is 44.2 Å². The monoisotopic (exact) mass is 287 g/mol. The maximum absolute atomic E-state index is 3.60. The molecule has 84 valence electrons. The van der Waals surface area contributed by atoms with Crippen molar-refractivity contribution in [2.75, 3.05) is 6.54 Å². The molecule has 1 aliphatic rings. The Balaban J connectivity index is 1.97. The standard InChI is InChI=1S/C12H18BrNS/c1-2-14-11(6-9-4-3-5-9)10-7-12(13)15-8-10/h7-9,11,14H,2-6H2,1H3. The van der Waals surface area contributed by atoms with Crippen LogP contribution in [0.4, 0.5) is 0 Å². The van der Waals surface area contributed by atoms with Crippen molar-refractivity contribution in [1.82, 2.24) is 5.32 Å². The first-order valence-electron chi connectivity index (χ1n) is 5.77. The van der Waals surface area contributed by atoms with Crippen LogP contribution in [0.2, 0.25) is 0 Å². The first kappa shape index (κ1) is 11.6. The molecule has 2 rings (SSSR count). The van der Waals surface area contributed by atoms with Crippen molar-refractivity contribution in [3.05, 3.63) is 20.8 Å². The van der Waals surface area contributed by atoms with Gasteiger partial charge in [0.2, 0.25) is 0 Å². The zero-order valence-electron chi connectivity index (χ0n) is 9.13. The van der Waals surface area contributed by atoms with Crippen LogP contribution in [0, 0.1) is 5.92 Å². The van der Waals surface area contributed by atoms with E-state index >= 15 is 0 Å². The van der Waals surface area contributed by atoms with Gasteiger partial charge in [-0.25, -0.2) is 0 Å². The van der Waals surface area contributed by atoms with Crippen LogP contribution in [0.3, 0.4) is 0 Å². The Kier molecular flexibility index (Phi) is 4.23. The van der Waals surface area contributed by atoms with Gasteiger partial charge in [-0.1, -0.05) is 26.2 Å². The normalized spacial score (nSPS) is 18.8. The molecule has 1 aliphatic carbocycles. The predicted molar refractivity (Wildman–Crippen MR) is 70.4 cm³/mol. The van der Waals surface area contributed by atoms with Crippen LogP contribution in [0.25, 0.3) is 0 Å². The van der Waals surface area contributed by atoms with Crippen LogP contribution >= 0.6 is 27.3 Å². The average Bonchev–Trinajstić information content (AvgIpc) is 2.56. The second kappa shape index (κ2) is 5.46. The molecular formula is C12H18BrNS. The lowest BCUT2D eigenvalue weighted by Gasteiger charge is -2.29. The summed E-state index contributed by atoms with van der Waals surface area (Å²) in [4.78, 5) is 0. The molecule has 1 N–H and O–H groups in total. The van der Waals surface area contributed by atoms with Crippen molar-refractivity contribution in [3.8, 4) is 0 Å². The zero-order valence-corrected chi connectivity index (χ0v) is 11.5. The maximum atomic E-state index is 3.60. The van der Waals surface area contributed by atoms with E-state index in [-0.39, 0.29) is 0 Å². The molecule has 15 heavy (non-hydrogen) atoms. The fourth-order valence-corrected chi connectivity index (χ4v) is 3.38. The van der Waals surface area contributed by atoms with Crippen LogP contribution in [-0.4, -0.2) is 6.54 Å². The Morgan fingerprint density at radius 3 is 2.87 bits per heavy atom. The summed E-state index contributed by atoms with van der Waals surface area (Å²) in [5.41, 5.74) is 1.46. The van der Waals surface area contributed by atoms with E-state index in [4.69, 9.17) is 0 Å². The highest BCUT2D eigenvalue weighted by Gasteiger charge is 2.23. The minimum Gasteiger partial charge on any atom is -0.310 e. The molecule has 1 fully saturated rings. The van der Waals surface area contributed by atoms with Gasteiger partial charge in [0.1, 0.15) is 0 Å². The van der Waals surface area contributed by atoms with E-state index in [0.717, 1.165) is 12.5 Å². The highest BCUT2D eigenvalue weighted by molar-refractivity contribution is 9.11. The van der Waals surface area contributed by atoms with Gasteiger partial charge < -0.3 is 5.32 Å². The van der Waals surface area contributed by atoms with Gasteiger partial charge in [0, 0.05) is 6.04 Å². The molecule has 1 saturated carbocycles. The number of nitrogens with one attached hydrogen (secondary N) is 1. The first-order valence-corrected chi connectivity index (χ1v) is 7.44. The molecule has 0 saturated heterocycles. The molecular weight excluding hydrogens is 270 g/mol. The Hall–Kier alpha value is 0.140. The van der Waals surface area contributed by atoms with E-state index in [1.54, 1.807) is 11.3 Å². The molecule has 1 aromatic heterocycles. The summed E-state index contributed by atoms with van der Waals surface area (Å²) in [5.74, 6) is 0.965. The number of hydrogen-bond acceptors (Lipinski definition) is 2. The van der Waals surface area contributed by atoms with E-state index in [1.165, 1.54) is 35.0 Å². The van der Waals surface area contributed by atoms with Gasteiger partial charge in [-0.15, -0.1) is 11.3 Å². The summed E-state index contributed by atoms with van der Waals surface area (Å²) < 4.78 is 1.24. The molecule has 0 spiro atoms. The minimum atomic E-state index is 0.572. The van der Waals surface area contributed by atoms with E-state index in [0.29, 0.717) is 6.04 Å². The summed E-state index contributed by atoms with van der Waals surface area (Å²) in [6.45, 7) is 3.25. The van der Waals surface area contributed by atoms with Gasteiger partial charge >= 0.3 is 0 Å². The average molecular weight is 288 g/mol. The second-order valence-corrected chi connectivity index (χ2v) is 6.62. The summed E-state index contributed by atoms with van der Waals surface area (Å²) in [6, 6.07) is 2.83. The molecule has 1 unspecified atom stereocenters. The molecule has 1 aromatic rings. The fraction of sp³-hybridized carbons (Fsp3) is 0.667. The van der Waals surface area contributed by atoms with Crippen LogP contribution < -0.4 is 5.32 Å². The fourth-order valence-electron chi connectivity index (χ4n) is 2.15. The van der Waals surface area contributed by atoms with Crippen LogP contribution in [0.5, 0.6) is 0 Å². The maximum Gasteiger partial charge on any atom is 0.0701 e. The minimum absolute atomic E-state index is 0.572.